The summed E-state index contributed by atoms with van der Waals surface area (Å²) in [4.78, 5) is 11.7. The van der Waals surface area contributed by atoms with Gasteiger partial charge in [0.2, 0.25) is 0 Å². The number of fused-ring (bicyclic) bond motifs is 5. The summed E-state index contributed by atoms with van der Waals surface area (Å²) in [5, 5.41) is 23.2. The molecule has 0 aromatic rings. The predicted molar refractivity (Wildman–Crippen MR) is 127 cm³/mol. The molecule has 33 heavy (non-hydrogen) atoms. The van der Waals surface area contributed by atoms with Crippen LogP contribution in [0.15, 0.2) is 0 Å². The van der Waals surface area contributed by atoms with Crippen LogP contribution in [-0.2, 0) is 14.3 Å². The van der Waals surface area contributed by atoms with E-state index in [2.05, 4.69) is 20.8 Å². The van der Waals surface area contributed by atoms with Gasteiger partial charge in [-0.1, -0.05) is 20.8 Å². The van der Waals surface area contributed by atoms with Crippen molar-refractivity contribution in [2.75, 3.05) is 20.3 Å². The maximum Gasteiger partial charge on any atom is 0.305 e. The zero-order chi connectivity index (χ0) is 24.0. The van der Waals surface area contributed by atoms with Crippen LogP contribution >= 0.6 is 0 Å². The SMILES string of the molecule is COC(=O)CC[C@@H](C)[C@H]1CC[C@H]2[C@@H]3[C@H](O)CC4C[C@@H](OCCN)CC[C@]4(C)[C@H]3C[C@H](O)[C@]12C. The zero-order valence-electron chi connectivity index (χ0n) is 21.2. The average molecular weight is 466 g/mol. The number of hydrogen-bond donors (Lipinski definition) is 3. The summed E-state index contributed by atoms with van der Waals surface area (Å²) in [6.07, 6.45) is 7.78. The number of methoxy groups -OCH3 is 1. The first-order chi connectivity index (χ1) is 15.7. The van der Waals surface area contributed by atoms with E-state index in [9.17, 15) is 15.0 Å². The van der Waals surface area contributed by atoms with Crippen molar-refractivity contribution < 1.29 is 24.5 Å². The quantitative estimate of drug-likeness (QED) is 0.497. The molecule has 0 amide bonds. The third kappa shape index (κ3) is 4.28. The highest BCUT2D eigenvalue weighted by atomic mass is 16.5. The number of hydrogen-bond acceptors (Lipinski definition) is 6. The van der Waals surface area contributed by atoms with E-state index in [0.29, 0.717) is 49.2 Å². The van der Waals surface area contributed by atoms with Gasteiger partial charge < -0.3 is 25.4 Å². The van der Waals surface area contributed by atoms with E-state index in [1.54, 1.807) is 0 Å². The molecule has 0 bridgehead atoms. The highest BCUT2D eigenvalue weighted by Crippen LogP contribution is 2.68. The Labute approximate surface area is 200 Å². The van der Waals surface area contributed by atoms with Gasteiger partial charge >= 0.3 is 5.97 Å². The van der Waals surface area contributed by atoms with Crippen molar-refractivity contribution >= 4 is 5.97 Å². The summed E-state index contributed by atoms with van der Waals surface area (Å²) in [5.41, 5.74) is 5.61. The Hall–Kier alpha value is -0.690. The second kappa shape index (κ2) is 9.75. The van der Waals surface area contributed by atoms with Crippen molar-refractivity contribution in [1.29, 1.82) is 0 Å². The van der Waals surface area contributed by atoms with Crippen molar-refractivity contribution in [2.45, 2.75) is 96.9 Å². The van der Waals surface area contributed by atoms with Gasteiger partial charge in [-0.2, -0.15) is 0 Å². The van der Waals surface area contributed by atoms with Crippen LogP contribution in [0.3, 0.4) is 0 Å². The minimum atomic E-state index is -0.356. The first kappa shape index (κ1) is 25.4. The molecule has 4 N–H and O–H groups in total. The van der Waals surface area contributed by atoms with Crippen molar-refractivity contribution in [3.05, 3.63) is 0 Å². The lowest BCUT2D eigenvalue weighted by Crippen LogP contribution is -2.62. The number of carbonyl (C=O) groups excluding carboxylic acids is 1. The smallest absolute Gasteiger partial charge is 0.305 e. The number of nitrogens with two attached hydrogens (primary N) is 1. The highest BCUT2D eigenvalue weighted by molar-refractivity contribution is 5.69. The van der Waals surface area contributed by atoms with Crippen molar-refractivity contribution in [3.63, 3.8) is 0 Å². The van der Waals surface area contributed by atoms with Gasteiger partial charge in [0, 0.05) is 13.0 Å². The van der Waals surface area contributed by atoms with Crippen molar-refractivity contribution in [1.82, 2.24) is 0 Å². The van der Waals surface area contributed by atoms with E-state index in [0.717, 1.165) is 51.4 Å². The zero-order valence-corrected chi connectivity index (χ0v) is 21.2. The average Bonchev–Trinajstić information content (AvgIpc) is 3.15. The van der Waals surface area contributed by atoms with Crippen molar-refractivity contribution in [3.8, 4) is 0 Å². The number of ether oxygens (including phenoxy) is 2. The number of aliphatic hydroxyl groups excluding tert-OH is 2. The lowest BCUT2D eigenvalue weighted by Gasteiger charge is -2.63. The molecule has 0 spiro atoms. The maximum absolute atomic E-state index is 11.7. The molecule has 6 heteroatoms. The van der Waals surface area contributed by atoms with E-state index >= 15 is 0 Å². The Bertz CT molecular complexity index is 702. The number of aliphatic hydroxyl groups is 2. The van der Waals surface area contributed by atoms with Crippen molar-refractivity contribution in [2.24, 2.45) is 52.1 Å². The molecule has 4 aliphatic rings. The molecule has 4 saturated carbocycles. The Kier molecular flexibility index (Phi) is 7.51. The van der Waals surface area contributed by atoms with Crippen LogP contribution in [-0.4, -0.2) is 54.8 Å². The van der Waals surface area contributed by atoms with Crippen LogP contribution < -0.4 is 5.73 Å². The Morgan fingerprint density at radius 2 is 1.88 bits per heavy atom. The monoisotopic (exact) mass is 465 g/mol. The molecule has 4 fully saturated rings. The normalized spacial score (nSPS) is 47.8. The standard InChI is InChI=1S/C27H47NO5/c1-16(5-8-24(31)32-4)19-6-7-20-25-21(15-23(30)27(19,20)3)26(2)10-9-18(33-12-11-28)13-17(26)14-22(25)29/h16-23,25,29-30H,5-15,28H2,1-4H3/t16-,17?,18+,19-,20+,21+,22-,23+,25+,26+,27-/m1/s1. The molecule has 1 unspecified atom stereocenters. The van der Waals surface area contributed by atoms with Crippen LogP contribution in [0.1, 0.15) is 78.6 Å². The van der Waals surface area contributed by atoms with Gasteiger partial charge in [0.05, 0.1) is 32.0 Å². The fourth-order valence-electron chi connectivity index (χ4n) is 9.15. The highest BCUT2D eigenvalue weighted by Gasteiger charge is 2.65. The van der Waals surface area contributed by atoms with E-state index in [1.165, 1.54) is 7.11 Å². The molecule has 0 heterocycles. The van der Waals surface area contributed by atoms with E-state index in [-0.39, 0.29) is 41.0 Å². The molecule has 0 saturated heterocycles. The van der Waals surface area contributed by atoms with Crippen LogP contribution in [0.5, 0.6) is 0 Å². The van der Waals surface area contributed by atoms with Crippen LogP contribution in [0.4, 0.5) is 0 Å². The summed E-state index contributed by atoms with van der Waals surface area (Å²) in [7, 11) is 1.45. The van der Waals surface area contributed by atoms with E-state index < -0.39 is 0 Å². The summed E-state index contributed by atoms with van der Waals surface area (Å²) >= 11 is 0. The first-order valence-electron chi connectivity index (χ1n) is 13.4. The lowest BCUT2D eigenvalue weighted by atomic mass is 9.43. The number of rotatable bonds is 7. The van der Waals surface area contributed by atoms with Gasteiger partial charge in [0.1, 0.15) is 0 Å². The third-order valence-electron chi connectivity index (χ3n) is 11.0. The molecular weight excluding hydrogens is 418 g/mol. The topological polar surface area (TPSA) is 102 Å². The lowest BCUT2D eigenvalue weighted by molar-refractivity contribution is -0.209. The predicted octanol–water partition coefficient (Wildman–Crippen LogP) is 3.52. The van der Waals surface area contributed by atoms with Gasteiger partial charge in [-0.15, -0.1) is 0 Å². The minimum Gasteiger partial charge on any atom is -0.469 e. The summed E-state index contributed by atoms with van der Waals surface area (Å²) in [6.45, 7) is 8.11. The first-order valence-corrected chi connectivity index (χ1v) is 13.4. The molecular formula is C27H47NO5. The van der Waals surface area contributed by atoms with Gasteiger partial charge in [-0.3, -0.25) is 4.79 Å². The second-order valence-electron chi connectivity index (χ2n) is 12.2. The molecule has 0 aliphatic heterocycles. The fourth-order valence-corrected chi connectivity index (χ4v) is 9.15. The third-order valence-corrected chi connectivity index (χ3v) is 11.0. The van der Waals surface area contributed by atoms with E-state index in [4.69, 9.17) is 15.2 Å². The van der Waals surface area contributed by atoms with E-state index in [1.807, 2.05) is 0 Å². The van der Waals surface area contributed by atoms with Gasteiger partial charge in [0.15, 0.2) is 0 Å². The second-order valence-corrected chi connectivity index (χ2v) is 12.2. The molecule has 4 aliphatic carbocycles. The molecule has 0 aromatic carbocycles. The van der Waals surface area contributed by atoms with Crippen LogP contribution in [0.25, 0.3) is 0 Å². The van der Waals surface area contributed by atoms with Crippen LogP contribution in [0.2, 0.25) is 0 Å². The Morgan fingerprint density at radius 1 is 1.12 bits per heavy atom. The molecule has 11 atom stereocenters. The molecule has 0 radical (unpaired) electrons. The Morgan fingerprint density at radius 3 is 2.58 bits per heavy atom. The summed E-state index contributed by atoms with van der Waals surface area (Å²) in [6, 6.07) is 0. The molecule has 6 nitrogen and oxygen atoms in total. The molecule has 190 valence electrons. The van der Waals surface area contributed by atoms with Gasteiger partial charge in [-0.05, 0) is 97.7 Å². The fraction of sp³-hybridized carbons (Fsp3) is 0.963. The Balaban J connectivity index is 1.52. The molecule has 4 rings (SSSR count). The van der Waals surface area contributed by atoms with Crippen LogP contribution in [0, 0.1) is 46.3 Å². The summed E-state index contributed by atoms with van der Waals surface area (Å²) in [5.74, 6) is 1.98. The van der Waals surface area contributed by atoms with Gasteiger partial charge in [-0.25, -0.2) is 0 Å². The number of esters is 1. The largest absolute Gasteiger partial charge is 0.469 e. The minimum absolute atomic E-state index is 0.154. The van der Waals surface area contributed by atoms with Gasteiger partial charge in [0.25, 0.3) is 0 Å². The summed E-state index contributed by atoms with van der Waals surface area (Å²) < 4.78 is 10.9. The molecule has 0 aromatic heterocycles. The maximum atomic E-state index is 11.7. The number of carbonyl (C=O) groups is 1.